The van der Waals surface area contributed by atoms with Crippen LogP contribution in [0.5, 0.6) is 0 Å². The van der Waals surface area contributed by atoms with Crippen molar-refractivity contribution in [2.45, 2.75) is 0 Å². The number of allylic oxidation sites excluding steroid dienone is 2. The van der Waals surface area contributed by atoms with Crippen LogP contribution in [0.2, 0.25) is 0 Å². The van der Waals surface area contributed by atoms with Crippen LogP contribution >= 0.6 is 0 Å². The van der Waals surface area contributed by atoms with Gasteiger partial charge >= 0.3 is 0 Å². The van der Waals surface area contributed by atoms with Gasteiger partial charge in [0.1, 0.15) is 0 Å². The molecule has 0 radical (unpaired) electrons. The predicted molar refractivity (Wildman–Crippen MR) is 69.3 cm³/mol. The Balaban J connectivity index is -0.000000134. The Labute approximate surface area is 88.6 Å². The molecule has 1 aromatic carbocycles. The lowest BCUT2D eigenvalue weighted by Crippen LogP contribution is -1.47. The van der Waals surface area contributed by atoms with E-state index >= 15 is 0 Å². The summed E-state index contributed by atoms with van der Waals surface area (Å²) in [7, 11) is 0. The van der Waals surface area contributed by atoms with Crippen LogP contribution in [0.25, 0.3) is 0 Å². The minimum Gasteiger partial charge on any atom is -0.106 e. The molecule has 0 amide bonds. The lowest BCUT2D eigenvalue weighted by Gasteiger charge is -1.69. The molecule has 0 saturated carbocycles. The molecule has 0 fully saturated rings. The molecule has 0 aromatic heterocycles. The maximum Gasteiger partial charge on any atom is -0.0623 e. The van der Waals surface area contributed by atoms with Gasteiger partial charge in [0.05, 0.1) is 0 Å². The van der Waals surface area contributed by atoms with Gasteiger partial charge in [-0.15, -0.1) is 26.3 Å². The van der Waals surface area contributed by atoms with E-state index in [1.54, 1.807) is 12.2 Å². The Bertz CT molecular complexity index is 152. The van der Waals surface area contributed by atoms with Crippen molar-refractivity contribution in [3.8, 4) is 0 Å². The quantitative estimate of drug-likeness (QED) is 0.444. The van der Waals surface area contributed by atoms with Crippen molar-refractivity contribution in [2.75, 3.05) is 0 Å². The van der Waals surface area contributed by atoms with Crippen molar-refractivity contribution in [2.24, 2.45) is 0 Å². The standard InChI is InChI=1S/C6H6.C4H6.2C2H4/c1-2-4-6-5-3-1;1-3-4-2;2*1-2/h1-6H;3-4H,1-2H2;2*1-2H2. The van der Waals surface area contributed by atoms with E-state index in [2.05, 4.69) is 39.5 Å². The molecule has 1 rings (SSSR count). The number of benzene rings is 1. The molecule has 0 nitrogen and oxygen atoms in total. The Morgan fingerprint density at radius 2 is 0.643 bits per heavy atom. The van der Waals surface area contributed by atoms with Crippen LogP contribution in [0, 0.1) is 0 Å². The van der Waals surface area contributed by atoms with E-state index in [4.69, 9.17) is 0 Å². The Morgan fingerprint density at radius 3 is 0.714 bits per heavy atom. The molecule has 14 heavy (non-hydrogen) atoms. The maximum absolute atomic E-state index is 3.36. The predicted octanol–water partition coefficient (Wildman–Crippen LogP) is 4.65. The van der Waals surface area contributed by atoms with Crippen molar-refractivity contribution in [1.29, 1.82) is 0 Å². The summed E-state index contributed by atoms with van der Waals surface area (Å²) in [6, 6.07) is 12.0. The molecule has 0 aliphatic rings. The summed E-state index contributed by atoms with van der Waals surface area (Å²) in [5, 5.41) is 0. The fraction of sp³-hybridized carbons (Fsp3) is 0. The molecule has 1 aromatic rings. The monoisotopic (exact) mass is 188 g/mol. The minimum absolute atomic E-state index is 1.64. The fourth-order valence-electron chi connectivity index (χ4n) is 0.385. The van der Waals surface area contributed by atoms with Crippen LogP contribution in [-0.4, -0.2) is 0 Å². The van der Waals surface area contributed by atoms with E-state index in [0.29, 0.717) is 0 Å². The van der Waals surface area contributed by atoms with E-state index in [-0.39, 0.29) is 0 Å². The van der Waals surface area contributed by atoms with Crippen LogP contribution in [0.4, 0.5) is 0 Å². The molecule has 0 aliphatic carbocycles. The zero-order valence-corrected chi connectivity index (χ0v) is 8.86. The van der Waals surface area contributed by atoms with Gasteiger partial charge in [0.2, 0.25) is 0 Å². The highest BCUT2D eigenvalue weighted by Gasteiger charge is 1.57. The summed E-state index contributed by atoms with van der Waals surface area (Å²) in [6.07, 6.45) is 3.28. The van der Waals surface area contributed by atoms with Crippen LogP contribution in [0.3, 0.4) is 0 Å². The number of hydrogen-bond donors (Lipinski definition) is 0. The molecular weight excluding hydrogens is 168 g/mol. The van der Waals surface area contributed by atoms with Gasteiger partial charge in [0.25, 0.3) is 0 Å². The summed E-state index contributed by atoms with van der Waals surface area (Å²) in [4.78, 5) is 0. The second kappa shape index (κ2) is 30.3. The average Bonchev–Trinajstić information content (AvgIpc) is 2.36. The van der Waals surface area contributed by atoms with Crippen LogP contribution in [-0.2, 0) is 0 Å². The molecule has 0 aliphatic heterocycles. The van der Waals surface area contributed by atoms with Gasteiger partial charge in [-0.1, -0.05) is 61.7 Å². The number of rotatable bonds is 1. The molecule has 0 atom stereocenters. The zero-order valence-electron chi connectivity index (χ0n) is 8.86. The van der Waals surface area contributed by atoms with Crippen LogP contribution in [0.15, 0.2) is 88.0 Å². The van der Waals surface area contributed by atoms with Crippen molar-refractivity contribution in [3.05, 3.63) is 88.0 Å². The number of hydrogen-bond acceptors (Lipinski definition) is 0. The van der Waals surface area contributed by atoms with Gasteiger partial charge in [0.15, 0.2) is 0 Å². The first kappa shape index (κ1) is 18.1. The van der Waals surface area contributed by atoms with Gasteiger partial charge in [0, 0.05) is 0 Å². The Kier molecular flexibility index (Phi) is 39.1. The van der Waals surface area contributed by atoms with Gasteiger partial charge in [-0.3, -0.25) is 0 Å². The van der Waals surface area contributed by atoms with E-state index < -0.39 is 0 Å². The molecule has 0 saturated heterocycles. The molecule has 0 unspecified atom stereocenters. The summed E-state index contributed by atoms with van der Waals surface area (Å²) in [5.74, 6) is 0. The third-order valence-electron chi connectivity index (χ3n) is 0.833. The first-order chi connectivity index (χ1) is 6.91. The van der Waals surface area contributed by atoms with Crippen LogP contribution in [0.1, 0.15) is 0 Å². The Hall–Kier alpha value is -1.82. The largest absolute Gasteiger partial charge is 0.106 e. The lowest BCUT2D eigenvalue weighted by atomic mass is 10.4. The Morgan fingerprint density at radius 1 is 0.500 bits per heavy atom. The summed E-state index contributed by atoms with van der Waals surface area (Å²) in [6.45, 7) is 18.7. The third-order valence-corrected chi connectivity index (χ3v) is 0.833. The SMILES string of the molecule is C=C.C=C.C=CC=C.c1ccccc1. The van der Waals surface area contributed by atoms with E-state index in [1.807, 2.05) is 36.4 Å². The molecule has 76 valence electrons. The second-order valence-corrected chi connectivity index (χ2v) is 1.63. The van der Waals surface area contributed by atoms with E-state index in [1.165, 1.54) is 0 Å². The lowest BCUT2D eigenvalue weighted by molar-refractivity contribution is 1.72. The van der Waals surface area contributed by atoms with Crippen molar-refractivity contribution < 1.29 is 0 Å². The molecular formula is C14H20. The normalized spacial score (nSPS) is 5.43. The zero-order chi connectivity index (χ0) is 11.7. The smallest absolute Gasteiger partial charge is 0.0623 e. The highest BCUT2D eigenvalue weighted by molar-refractivity contribution is 4.99. The van der Waals surface area contributed by atoms with Gasteiger partial charge < -0.3 is 0 Å². The van der Waals surface area contributed by atoms with E-state index in [9.17, 15) is 0 Å². The first-order valence-corrected chi connectivity index (χ1v) is 4.15. The van der Waals surface area contributed by atoms with Crippen molar-refractivity contribution in [1.82, 2.24) is 0 Å². The van der Waals surface area contributed by atoms with Gasteiger partial charge in [-0.2, -0.15) is 0 Å². The average molecular weight is 188 g/mol. The fourth-order valence-corrected chi connectivity index (χ4v) is 0.385. The van der Waals surface area contributed by atoms with E-state index in [0.717, 1.165) is 0 Å². The highest BCUT2D eigenvalue weighted by Crippen LogP contribution is 1.79. The molecule has 0 spiro atoms. The molecule has 0 N–H and O–H groups in total. The van der Waals surface area contributed by atoms with Gasteiger partial charge in [-0.25, -0.2) is 0 Å². The molecule has 0 heterocycles. The van der Waals surface area contributed by atoms with Crippen molar-refractivity contribution >= 4 is 0 Å². The van der Waals surface area contributed by atoms with Gasteiger partial charge in [-0.05, 0) is 0 Å². The second-order valence-electron chi connectivity index (χ2n) is 1.63. The molecule has 0 bridgehead atoms. The highest BCUT2D eigenvalue weighted by atomic mass is 13.6. The summed E-state index contributed by atoms with van der Waals surface area (Å²) in [5.41, 5.74) is 0. The third kappa shape index (κ3) is 32.0. The summed E-state index contributed by atoms with van der Waals surface area (Å²) >= 11 is 0. The van der Waals surface area contributed by atoms with Crippen molar-refractivity contribution in [3.63, 3.8) is 0 Å². The first-order valence-electron chi connectivity index (χ1n) is 4.15. The maximum atomic E-state index is 3.36. The topological polar surface area (TPSA) is 0 Å². The summed E-state index contributed by atoms with van der Waals surface area (Å²) < 4.78 is 0. The minimum atomic E-state index is 1.64. The molecule has 0 heteroatoms. The van der Waals surface area contributed by atoms with Crippen LogP contribution < -0.4 is 0 Å².